The maximum atomic E-state index is 11.8. The van der Waals surface area contributed by atoms with Gasteiger partial charge in [0.05, 0.1) is 0 Å². The fourth-order valence-electron chi connectivity index (χ4n) is 2.60. The quantitative estimate of drug-likeness (QED) is 0.663. The Hall–Kier alpha value is -2.75. The molecule has 3 rings (SSSR count). The van der Waals surface area contributed by atoms with Crippen molar-refractivity contribution >= 4 is 16.9 Å². The van der Waals surface area contributed by atoms with Gasteiger partial charge in [-0.2, -0.15) is 0 Å². The van der Waals surface area contributed by atoms with Crippen molar-refractivity contribution < 1.29 is 4.79 Å². The standard InChI is InChI=1S/C19H21N3O/c1-14-6-8-15(9-7-14)12-22-19(23)20-11-10-16-13-21-18-5-3-2-4-17(16)18/h2-9,13,21H,10-12H2,1H3,(H2,20,22,23). The number of nitrogens with one attached hydrogen (secondary N) is 3. The summed E-state index contributed by atoms with van der Waals surface area (Å²) in [4.78, 5) is 15.1. The first-order valence-electron chi connectivity index (χ1n) is 7.84. The van der Waals surface area contributed by atoms with Crippen molar-refractivity contribution in [1.82, 2.24) is 15.6 Å². The number of amides is 2. The van der Waals surface area contributed by atoms with Crippen LogP contribution in [0.15, 0.2) is 54.7 Å². The molecule has 1 aromatic heterocycles. The van der Waals surface area contributed by atoms with Gasteiger partial charge in [-0.3, -0.25) is 0 Å². The number of carbonyl (C=O) groups is 1. The SMILES string of the molecule is Cc1ccc(CNC(=O)NCCc2c[nH]c3ccccc23)cc1. The second kappa shape index (κ2) is 7.01. The number of urea groups is 1. The number of hydrogen-bond acceptors (Lipinski definition) is 1. The molecule has 0 aliphatic carbocycles. The van der Waals surface area contributed by atoms with Crippen LogP contribution in [-0.2, 0) is 13.0 Å². The van der Waals surface area contributed by atoms with Gasteiger partial charge >= 0.3 is 6.03 Å². The van der Waals surface area contributed by atoms with Crippen molar-refractivity contribution in [2.24, 2.45) is 0 Å². The molecule has 0 fully saturated rings. The maximum Gasteiger partial charge on any atom is 0.315 e. The first-order chi connectivity index (χ1) is 11.2. The number of fused-ring (bicyclic) bond motifs is 1. The van der Waals surface area contributed by atoms with Gasteiger partial charge in [-0.25, -0.2) is 4.79 Å². The average Bonchev–Trinajstić information content (AvgIpc) is 2.98. The Morgan fingerprint density at radius 3 is 2.65 bits per heavy atom. The molecule has 4 heteroatoms. The second-order valence-corrected chi connectivity index (χ2v) is 5.70. The number of carbonyl (C=O) groups excluding carboxylic acids is 1. The van der Waals surface area contributed by atoms with Crippen molar-refractivity contribution in [2.75, 3.05) is 6.54 Å². The summed E-state index contributed by atoms with van der Waals surface area (Å²) in [6.07, 6.45) is 2.82. The molecule has 3 N–H and O–H groups in total. The highest BCUT2D eigenvalue weighted by atomic mass is 16.2. The molecule has 0 atom stereocenters. The zero-order valence-electron chi connectivity index (χ0n) is 13.2. The minimum atomic E-state index is -0.134. The number of aromatic nitrogens is 1. The van der Waals surface area contributed by atoms with Crippen LogP contribution in [0.25, 0.3) is 10.9 Å². The first kappa shape index (κ1) is 15.2. The van der Waals surface area contributed by atoms with Crippen LogP contribution in [0.1, 0.15) is 16.7 Å². The predicted octanol–water partition coefficient (Wildman–Crippen LogP) is 3.52. The van der Waals surface area contributed by atoms with Gasteiger partial charge in [-0.15, -0.1) is 0 Å². The van der Waals surface area contributed by atoms with Crippen molar-refractivity contribution in [3.8, 4) is 0 Å². The maximum absolute atomic E-state index is 11.8. The summed E-state index contributed by atoms with van der Waals surface area (Å²) >= 11 is 0. The summed E-state index contributed by atoms with van der Waals surface area (Å²) in [6.45, 7) is 3.20. The van der Waals surface area contributed by atoms with Gasteiger partial charge in [0, 0.05) is 30.2 Å². The van der Waals surface area contributed by atoms with Crippen LogP contribution in [0.4, 0.5) is 4.79 Å². The van der Waals surface area contributed by atoms with Gasteiger partial charge < -0.3 is 15.6 Å². The van der Waals surface area contributed by atoms with E-state index in [1.54, 1.807) is 0 Å². The van der Waals surface area contributed by atoms with Gasteiger partial charge in [0.15, 0.2) is 0 Å². The zero-order chi connectivity index (χ0) is 16.1. The molecule has 0 aliphatic rings. The molecule has 0 radical (unpaired) electrons. The fraction of sp³-hybridized carbons (Fsp3) is 0.211. The molecule has 1 heterocycles. The largest absolute Gasteiger partial charge is 0.361 e. The number of H-pyrrole nitrogens is 1. The highest BCUT2D eigenvalue weighted by molar-refractivity contribution is 5.83. The van der Waals surface area contributed by atoms with Crippen LogP contribution in [0.5, 0.6) is 0 Å². The van der Waals surface area contributed by atoms with E-state index in [4.69, 9.17) is 0 Å². The first-order valence-corrected chi connectivity index (χ1v) is 7.84. The van der Waals surface area contributed by atoms with E-state index in [1.165, 1.54) is 16.5 Å². The molecule has 2 aromatic carbocycles. The lowest BCUT2D eigenvalue weighted by atomic mass is 10.1. The summed E-state index contributed by atoms with van der Waals surface area (Å²) < 4.78 is 0. The summed E-state index contributed by atoms with van der Waals surface area (Å²) in [7, 11) is 0. The smallest absolute Gasteiger partial charge is 0.315 e. The van der Waals surface area contributed by atoms with Crippen LogP contribution >= 0.6 is 0 Å². The van der Waals surface area contributed by atoms with Crippen molar-refractivity contribution in [3.63, 3.8) is 0 Å². The van der Waals surface area contributed by atoms with Gasteiger partial charge in [-0.1, -0.05) is 48.0 Å². The molecule has 0 aliphatic heterocycles. The number of rotatable bonds is 5. The Labute approximate surface area is 135 Å². The Kier molecular flexibility index (Phi) is 4.62. The fourth-order valence-corrected chi connectivity index (χ4v) is 2.60. The second-order valence-electron chi connectivity index (χ2n) is 5.70. The van der Waals surface area contributed by atoms with Crippen LogP contribution in [0.3, 0.4) is 0 Å². The van der Waals surface area contributed by atoms with E-state index in [1.807, 2.05) is 42.6 Å². The Bertz CT molecular complexity index is 790. The lowest BCUT2D eigenvalue weighted by Gasteiger charge is -2.08. The molecule has 2 amide bonds. The number of aryl methyl sites for hydroxylation is 1. The monoisotopic (exact) mass is 307 g/mol. The normalized spacial score (nSPS) is 10.7. The third kappa shape index (κ3) is 3.92. The average molecular weight is 307 g/mol. The summed E-state index contributed by atoms with van der Waals surface area (Å²) in [6, 6.07) is 16.2. The lowest BCUT2D eigenvalue weighted by molar-refractivity contribution is 0.240. The van der Waals surface area contributed by atoms with E-state index in [2.05, 4.69) is 34.7 Å². The minimum absolute atomic E-state index is 0.134. The Balaban J connectivity index is 1.45. The molecule has 0 spiro atoms. The number of hydrogen-bond donors (Lipinski definition) is 3. The minimum Gasteiger partial charge on any atom is -0.361 e. The third-order valence-corrected chi connectivity index (χ3v) is 3.93. The van der Waals surface area contributed by atoms with Crippen LogP contribution in [0, 0.1) is 6.92 Å². The van der Waals surface area contributed by atoms with E-state index >= 15 is 0 Å². The third-order valence-electron chi connectivity index (χ3n) is 3.93. The molecule has 0 bridgehead atoms. The highest BCUT2D eigenvalue weighted by Gasteiger charge is 2.04. The Morgan fingerprint density at radius 1 is 1.04 bits per heavy atom. The number of aromatic amines is 1. The molecule has 23 heavy (non-hydrogen) atoms. The van der Waals surface area contributed by atoms with E-state index in [0.717, 1.165) is 17.5 Å². The lowest BCUT2D eigenvalue weighted by Crippen LogP contribution is -2.36. The molecule has 0 saturated carbocycles. The van der Waals surface area contributed by atoms with Crippen molar-refractivity contribution in [2.45, 2.75) is 19.9 Å². The topological polar surface area (TPSA) is 56.9 Å². The van der Waals surface area contributed by atoms with E-state index in [-0.39, 0.29) is 6.03 Å². The van der Waals surface area contributed by atoms with Gasteiger partial charge in [0.1, 0.15) is 0 Å². The Morgan fingerprint density at radius 2 is 1.83 bits per heavy atom. The van der Waals surface area contributed by atoms with Crippen LogP contribution < -0.4 is 10.6 Å². The molecule has 0 saturated heterocycles. The molecule has 3 aromatic rings. The number of benzene rings is 2. The van der Waals surface area contributed by atoms with Gasteiger partial charge in [0.2, 0.25) is 0 Å². The van der Waals surface area contributed by atoms with E-state index in [9.17, 15) is 4.79 Å². The molecular formula is C19H21N3O. The zero-order valence-corrected chi connectivity index (χ0v) is 13.2. The van der Waals surface area contributed by atoms with Gasteiger partial charge in [0.25, 0.3) is 0 Å². The molecule has 0 unspecified atom stereocenters. The summed E-state index contributed by atoms with van der Waals surface area (Å²) in [5.41, 5.74) is 4.67. The van der Waals surface area contributed by atoms with Crippen LogP contribution in [0.2, 0.25) is 0 Å². The predicted molar refractivity (Wildman–Crippen MR) is 93.4 cm³/mol. The van der Waals surface area contributed by atoms with E-state index in [0.29, 0.717) is 13.1 Å². The molecule has 118 valence electrons. The highest BCUT2D eigenvalue weighted by Crippen LogP contribution is 2.17. The molecule has 4 nitrogen and oxygen atoms in total. The summed E-state index contributed by atoms with van der Waals surface area (Å²) in [5.74, 6) is 0. The van der Waals surface area contributed by atoms with E-state index < -0.39 is 0 Å². The van der Waals surface area contributed by atoms with Crippen molar-refractivity contribution in [1.29, 1.82) is 0 Å². The van der Waals surface area contributed by atoms with Gasteiger partial charge in [-0.05, 0) is 30.5 Å². The molecular weight excluding hydrogens is 286 g/mol. The van der Waals surface area contributed by atoms with Crippen LogP contribution in [-0.4, -0.2) is 17.6 Å². The summed E-state index contributed by atoms with van der Waals surface area (Å²) in [5, 5.41) is 7.00. The van der Waals surface area contributed by atoms with Crippen molar-refractivity contribution in [3.05, 3.63) is 71.4 Å². The number of para-hydroxylation sites is 1.